The van der Waals surface area contributed by atoms with Crippen LogP contribution in [-0.2, 0) is 0 Å². The Morgan fingerprint density at radius 3 is 2.93 bits per heavy atom. The second kappa shape index (κ2) is 6.83. The first-order valence-electron chi connectivity index (χ1n) is 9.28. The minimum atomic E-state index is 0.482. The molecule has 0 spiro atoms. The van der Waals surface area contributed by atoms with Gasteiger partial charge in [-0.05, 0) is 49.7 Å². The van der Waals surface area contributed by atoms with Crippen LogP contribution in [0, 0.1) is 0 Å². The summed E-state index contributed by atoms with van der Waals surface area (Å²) in [5.41, 5.74) is 4.86. The Morgan fingerprint density at radius 1 is 1.15 bits per heavy atom. The van der Waals surface area contributed by atoms with Gasteiger partial charge in [-0.1, -0.05) is 23.7 Å². The number of fused-ring (bicyclic) bond motifs is 2. The fourth-order valence-electron chi connectivity index (χ4n) is 3.77. The standard InChI is InChI=1S/C21H20ClN5/c22-13-7-8-17-15(10-13)20(25-11-14-4-3-9-23-14)16(12-24-17)21-26-18-5-1-2-6-19(18)27-21/h1-2,5-8,10,12,14,23H,3-4,9,11H2,(H,24,25)(H,26,27). The lowest BCUT2D eigenvalue weighted by atomic mass is 10.1. The third-order valence-electron chi connectivity index (χ3n) is 5.16. The fourth-order valence-corrected chi connectivity index (χ4v) is 3.94. The second-order valence-electron chi connectivity index (χ2n) is 6.99. The van der Waals surface area contributed by atoms with Crippen molar-refractivity contribution in [2.75, 3.05) is 18.4 Å². The number of hydrogen-bond acceptors (Lipinski definition) is 4. The van der Waals surface area contributed by atoms with Crippen LogP contribution in [0.2, 0.25) is 5.02 Å². The van der Waals surface area contributed by atoms with Gasteiger partial charge >= 0.3 is 0 Å². The molecule has 27 heavy (non-hydrogen) atoms. The van der Waals surface area contributed by atoms with Crippen LogP contribution >= 0.6 is 11.6 Å². The van der Waals surface area contributed by atoms with Crippen LogP contribution in [0.4, 0.5) is 5.69 Å². The van der Waals surface area contributed by atoms with E-state index in [1.165, 1.54) is 12.8 Å². The van der Waals surface area contributed by atoms with Crippen molar-refractivity contribution in [3.8, 4) is 11.4 Å². The SMILES string of the molecule is Clc1ccc2ncc(-c3nc4ccccc4[nH]3)c(NCC3CCCN3)c2c1. The predicted molar refractivity (Wildman–Crippen MR) is 111 cm³/mol. The molecule has 1 fully saturated rings. The van der Waals surface area contributed by atoms with Crippen molar-refractivity contribution < 1.29 is 0 Å². The normalized spacial score (nSPS) is 17.0. The van der Waals surface area contributed by atoms with Crippen molar-refractivity contribution in [1.29, 1.82) is 0 Å². The number of nitrogens with zero attached hydrogens (tertiary/aromatic N) is 2. The monoisotopic (exact) mass is 377 g/mol. The third kappa shape index (κ3) is 3.13. The molecule has 1 unspecified atom stereocenters. The average Bonchev–Trinajstić information content (AvgIpc) is 3.35. The summed E-state index contributed by atoms with van der Waals surface area (Å²) in [6, 6.07) is 14.3. The van der Waals surface area contributed by atoms with Crippen LogP contribution in [0.15, 0.2) is 48.7 Å². The Morgan fingerprint density at radius 2 is 2.07 bits per heavy atom. The third-order valence-corrected chi connectivity index (χ3v) is 5.40. The van der Waals surface area contributed by atoms with E-state index in [4.69, 9.17) is 16.6 Å². The lowest BCUT2D eigenvalue weighted by Gasteiger charge is -2.17. The van der Waals surface area contributed by atoms with Gasteiger partial charge in [-0.2, -0.15) is 0 Å². The highest BCUT2D eigenvalue weighted by Crippen LogP contribution is 2.34. The number of nitrogens with one attached hydrogen (secondary N) is 3. The van der Waals surface area contributed by atoms with Crippen molar-refractivity contribution in [3.05, 3.63) is 53.7 Å². The first kappa shape index (κ1) is 16.5. The molecule has 1 saturated heterocycles. The van der Waals surface area contributed by atoms with Gasteiger partial charge in [-0.3, -0.25) is 4.98 Å². The molecule has 0 saturated carbocycles. The van der Waals surface area contributed by atoms with E-state index in [0.29, 0.717) is 11.1 Å². The molecule has 5 rings (SSSR count). The summed E-state index contributed by atoms with van der Waals surface area (Å²) < 4.78 is 0. The molecule has 2 aromatic carbocycles. The molecular weight excluding hydrogens is 358 g/mol. The highest BCUT2D eigenvalue weighted by molar-refractivity contribution is 6.31. The molecule has 1 aliphatic heterocycles. The van der Waals surface area contributed by atoms with Crippen LogP contribution in [0.3, 0.4) is 0 Å². The van der Waals surface area contributed by atoms with Gasteiger partial charge in [0.2, 0.25) is 0 Å². The van der Waals surface area contributed by atoms with Gasteiger partial charge in [0.1, 0.15) is 5.82 Å². The summed E-state index contributed by atoms with van der Waals surface area (Å²) in [6.45, 7) is 1.95. The molecule has 3 heterocycles. The van der Waals surface area contributed by atoms with Crippen molar-refractivity contribution in [2.24, 2.45) is 0 Å². The van der Waals surface area contributed by atoms with Crippen LogP contribution < -0.4 is 10.6 Å². The molecule has 136 valence electrons. The first-order valence-corrected chi connectivity index (χ1v) is 9.66. The number of H-pyrrole nitrogens is 1. The maximum absolute atomic E-state index is 6.29. The summed E-state index contributed by atoms with van der Waals surface area (Å²) in [6.07, 6.45) is 4.31. The quantitative estimate of drug-likeness (QED) is 0.486. The molecule has 5 nitrogen and oxygen atoms in total. The van der Waals surface area contributed by atoms with E-state index in [0.717, 1.165) is 52.1 Å². The predicted octanol–water partition coefficient (Wildman–Crippen LogP) is 4.60. The number of aromatic amines is 1. The minimum Gasteiger partial charge on any atom is -0.382 e. The zero-order valence-corrected chi connectivity index (χ0v) is 15.6. The Kier molecular flexibility index (Phi) is 4.19. The van der Waals surface area contributed by atoms with Gasteiger partial charge in [-0.25, -0.2) is 4.98 Å². The molecular formula is C21H20ClN5. The minimum absolute atomic E-state index is 0.482. The van der Waals surface area contributed by atoms with E-state index in [1.807, 2.05) is 48.7 Å². The number of imidazole rings is 1. The van der Waals surface area contributed by atoms with Crippen LogP contribution in [-0.4, -0.2) is 34.1 Å². The van der Waals surface area contributed by atoms with Crippen molar-refractivity contribution in [3.63, 3.8) is 0 Å². The van der Waals surface area contributed by atoms with Crippen LogP contribution in [0.5, 0.6) is 0 Å². The molecule has 1 atom stereocenters. The topological polar surface area (TPSA) is 65.6 Å². The van der Waals surface area contributed by atoms with Crippen molar-refractivity contribution in [2.45, 2.75) is 18.9 Å². The largest absolute Gasteiger partial charge is 0.382 e. The van der Waals surface area contributed by atoms with Gasteiger partial charge in [0.25, 0.3) is 0 Å². The molecule has 4 aromatic rings. The Hall–Kier alpha value is -2.63. The Bertz CT molecular complexity index is 1080. The lowest BCUT2D eigenvalue weighted by Crippen LogP contribution is -2.29. The van der Waals surface area contributed by atoms with E-state index in [2.05, 4.69) is 20.6 Å². The van der Waals surface area contributed by atoms with Crippen molar-refractivity contribution >= 4 is 39.2 Å². The number of aromatic nitrogens is 3. The van der Waals surface area contributed by atoms with E-state index in [9.17, 15) is 0 Å². The zero-order valence-electron chi connectivity index (χ0n) is 14.8. The highest BCUT2D eigenvalue weighted by atomic mass is 35.5. The lowest BCUT2D eigenvalue weighted by molar-refractivity contribution is 0.634. The van der Waals surface area contributed by atoms with E-state index < -0.39 is 0 Å². The van der Waals surface area contributed by atoms with E-state index in [-0.39, 0.29) is 0 Å². The number of pyridine rings is 1. The molecule has 0 radical (unpaired) electrons. The highest BCUT2D eigenvalue weighted by Gasteiger charge is 2.18. The van der Waals surface area contributed by atoms with Crippen molar-refractivity contribution in [1.82, 2.24) is 20.3 Å². The number of rotatable bonds is 4. The summed E-state index contributed by atoms with van der Waals surface area (Å²) in [4.78, 5) is 12.8. The van der Waals surface area contributed by atoms with E-state index in [1.54, 1.807) is 0 Å². The maximum atomic E-state index is 6.29. The number of hydrogen-bond donors (Lipinski definition) is 3. The molecule has 0 aliphatic carbocycles. The molecule has 1 aliphatic rings. The summed E-state index contributed by atoms with van der Waals surface area (Å²) >= 11 is 6.29. The number of halogens is 1. The molecule has 6 heteroatoms. The molecule has 0 amide bonds. The Labute approximate surface area is 162 Å². The molecule has 3 N–H and O–H groups in total. The number of para-hydroxylation sites is 2. The van der Waals surface area contributed by atoms with Gasteiger partial charge in [-0.15, -0.1) is 0 Å². The second-order valence-corrected chi connectivity index (χ2v) is 7.42. The summed E-state index contributed by atoms with van der Waals surface area (Å²) in [5.74, 6) is 0.812. The molecule has 0 bridgehead atoms. The van der Waals surface area contributed by atoms with Gasteiger partial charge < -0.3 is 15.6 Å². The maximum Gasteiger partial charge on any atom is 0.142 e. The number of benzene rings is 2. The van der Waals surface area contributed by atoms with Gasteiger partial charge in [0.05, 0.1) is 27.8 Å². The van der Waals surface area contributed by atoms with Crippen LogP contribution in [0.25, 0.3) is 33.3 Å². The average molecular weight is 378 g/mol. The fraction of sp³-hybridized carbons (Fsp3) is 0.238. The zero-order chi connectivity index (χ0) is 18.2. The summed E-state index contributed by atoms with van der Waals surface area (Å²) in [7, 11) is 0. The van der Waals surface area contributed by atoms with Crippen LogP contribution in [0.1, 0.15) is 12.8 Å². The smallest absolute Gasteiger partial charge is 0.142 e. The van der Waals surface area contributed by atoms with Gasteiger partial charge in [0.15, 0.2) is 0 Å². The first-order chi connectivity index (χ1) is 13.3. The number of anilines is 1. The van der Waals surface area contributed by atoms with Gasteiger partial charge in [0, 0.05) is 29.2 Å². The summed E-state index contributed by atoms with van der Waals surface area (Å²) in [5, 5.41) is 8.90. The molecule has 2 aromatic heterocycles. The van der Waals surface area contributed by atoms with E-state index >= 15 is 0 Å². The Balaban J connectivity index is 1.64.